The first-order valence-corrected chi connectivity index (χ1v) is 5.85. The van der Waals surface area contributed by atoms with Gasteiger partial charge in [-0.3, -0.25) is 4.79 Å². The SMILES string of the molecule is CC(CC(=O)O)c1c[nH]c2ccc(Br)cc12. The maximum absolute atomic E-state index is 10.7. The van der Waals surface area contributed by atoms with Crippen LogP contribution in [0.2, 0.25) is 0 Å². The predicted octanol–water partition coefficient (Wildman–Crippen LogP) is 3.51. The number of carboxylic acids is 1. The minimum absolute atomic E-state index is 0.0144. The highest BCUT2D eigenvalue weighted by Gasteiger charge is 2.14. The first kappa shape index (κ1) is 11.2. The summed E-state index contributed by atoms with van der Waals surface area (Å²) < 4.78 is 1.00. The van der Waals surface area contributed by atoms with Crippen molar-refractivity contribution in [2.24, 2.45) is 0 Å². The van der Waals surface area contributed by atoms with Crippen molar-refractivity contribution >= 4 is 32.8 Å². The molecule has 0 radical (unpaired) electrons. The van der Waals surface area contributed by atoms with Crippen LogP contribution in [0.3, 0.4) is 0 Å². The summed E-state index contributed by atoms with van der Waals surface area (Å²) in [5.74, 6) is -0.752. The third kappa shape index (κ3) is 2.11. The van der Waals surface area contributed by atoms with Gasteiger partial charge in [0.25, 0.3) is 0 Å². The lowest BCUT2D eigenvalue weighted by Gasteiger charge is -2.07. The summed E-state index contributed by atoms with van der Waals surface area (Å²) in [6.45, 7) is 1.93. The maximum atomic E-state index is 10.7. The van der Waals surface area contributed by atoms with Gasteiger partial charge in [0.2, 0.25) is 0 Å². The van der Waals surface area contributed by atoms with Crippen LogP contribution in [0.5, 0.6) is 0 Å². The van der Waals surface area contributed by atoms with E-state index in [0.717, 1.165) is 20.9 Å². The van der Waals surface area contributed by atoms with Crippen LogP contribution in [0.25, 0.3) is 10.9 Å². The third-order valence-electron chi connectivity index (χ3n) is 2.69. The molecule has 0 saturated carbocycles. The number of aromatic nitrogens is 1. The van der Waals surface area contributed by atoms with E-state index in [4.69, 9.17) is 5.11 Å². The molecule has 84 valence electrons. The lowest BCUT2D eigenvalue weighted by Crippen LogP contribution is -2.02. The molecule has 1 aromatic carbocycles. The largest absolute Gasteiger partial charge is 0.481 e. The number of aromatic amines is 1. The zero-order valence-corrected chi connectivity index (χ0v) is 10.4. The molecular weight excluding hydrogens is 270 g/mol. The van der Waals surface area contributed by atoms with Crippen molar-refractivity contribution in [3.8, 4) is 0 Å². The molecule has 3 nitrogen and oxygen atoms in total. The fourth-order valence-electron chi connectivity index (χ4n) is 1.89. The van der Waals surface area contributed by atoms with E-state index in [1.54, 1.807) is 0 Å². The van der Waals surface area contributed by atoms with Gasteiger partial charge in [-0.15, -0.1) is 0 Å². The molecule has 2 rings (SSSR count). The second kappa shape index (κ2) is 4.29. The van der Waals surface area contributed by atoms with Crippen LogP contribution in [0, 0.1) is 0 Å². The van der Waals surface area contributed by atoms with E-state index in [2.05, 4.69) is 20.9 Å². The zero-order valence-electron chi connectivity index (χ0n) is 8.83. The molecule has 4 heteroatoms. The van der Waals surface area contributed by atoms with E-state index in [-0.39, 0.29) is 12.3 Å². The van der Waals surface area contributed by atoms with Crippen molar-refractivity contribution in [3.63, 3.8) is 0 Å². The summed E-state index contributed by atoms with van der Waals surface area (Å²) >= 11 is 3.42. The minimum Gasteiger partial charge on any atom is -0.481 e. The van der Waals surface area contributed by atoms with E-state index in [1.807, 2.05) is 31.3 Å². The van der Waals surface area contributed by atoms with Gasteiger partial charge in [-0.1, -0.05) is 22.9 Å². The Hall–Kier alpha value is -1.29. The van der Waals surface area contributed by atoms with Crippen molar-refractivity contribution in [2.45, 2.75) is 19.3 Å². The molecule has 1 atom stereocenters. The molecule has 0 aliphatic carbocycles. The van der Waals surface area contributed by atoms with Crippen LogP contribution < -0.4 is 0 Å². The summed E-state index contributed by atoms with van der Waals surface area (Å²) in [5.41, 5.74) is 2.09. The number of nitrogens with one attached hydrogen (secondary N) is 1. The molecule has 0 bridgehead atoms. The fourth-order valence-corrected chi connectivity index (χ4v) is 2.26. The Morgan fingerprint density at radius 1 is 1.56 bits per heavy atom. The highest BCUT2D eigenvalue weighted by molar-refractivity contribution is 9.10. The second-order valence-electron chi connectivity index (χ2n) is 3.93. The minimum atomic E-state index is -0.767. The highest BCUT2D eigenvalue weighted by atomic mass is 79.9. The number of aliphatic carboxylic acids is 1. The Labute approximate surface area is 102 Å². The van der Waals surface area contributed by atoms with Crippen LogP contribution >= 0.6 is 15.9 Å². The summed E-state index contributed by atoms with van der Waals surface area (Å²) in [6, 6.07) is 5.96. The Bertz CT molecular complexity index is 533. The van der Waals surface area contributed by atoms with Gasteiger partial charge in [0.05, 0.1) is 6.42 Å². The van der Waals surface area contributed by atoms with E-state index in [0.29, 0.717) is 0 Å². The van der Waals surface area contributed by atoms with Gasteiger partial charge in [0.15, 0.2) is 0 Å². The Kier molecular flexibility index (Phi) is 3.01. The Balaban J connectivity index is 2.44. The molecule has 16 heavy (non-hydrogen) atoms. The molecule has 2 aromatic rings. The predicted molar refractivity (Wildman–Crippen MR) is 66.7 cm³/mol. The standard InChI is InChI=1S/C12H12BrNO2/c1-7(4-12(15)16)10-6-14-11-3-2-8(13)5-9(10)11/h2-3,5-7,14H,4H2,1H3,(H,15,16). The third-order valence-corrected chi connectivity index (χ3v) is 3.18. The number of hydrogen-bond donors (Lipinski definition) is 2. The number of halogens is 1. The fraction of sp³-hybridized carbons (Fsp3) is 0.250. The number of carbonyl (C=O) groups is 1. The Morgan fingerprint density at radius 2 is 2.31 bits per heavy atom. The molecule has 1 unspecified atom stereocenters. The van der Waals surface area contributed by atoms with Crippen molar-refractivity contribution in [3.05, 3.63) is 34.4 Å². The van der Waals surface area contributed by atoms with Crippen molar-refractivity contribution < 1.29 is 9.90 Å². The first-order chi connectivity index (χ1) is 7.58. The summed E-state index contributed by atoms with van der Waals surface area (Å²) in [4.78, 5) is 13.8. The molecule has 0 amide bonds. The average Bonchev–Trinajstić information content (AvgIpc) is 2.59. The molecule has 0 fully saturated rings. The number of fused-ring (bicyclic) bond motifs is 1. The van der Waals surface area contributed by atoms with E-state index in [1.165, 1.54) is 0 Å². The summed E-state index contributed by atoms with van der Waals surface area (Å²) in [7, 11) is 0. The quantitative estimate of drug-likeness (QED) is 0.905. The lowest BCUT2D eigenvalue weighted by molar-refractivity contribution is -0.137. The number of H-pyrrole nitrogens is 1. The number of benzene rings is 1. The Morgan fingerprint density at radius 3 is 3.00 bits per heavy atom. The molecule has 0 spiro atoms. The first-order valence-electron chi connectivity index (χ1n) is 5.06. The van der Waals surface area contributed by atoms with Crippen LogP contribution in [-0.4, -0.2) is 16.1 Å². The molecular formula is C12H12BrNO2. The van der Waals surface area contributed by atoms with Crippen molar-refractivity contribution in [2.75, 3.05) is 0 Å². The van der Waals surface area contributed by atoms with Crippen molar-refractivity contribution in [1.29, 1.82) is 0 Å². The smallest absolute Gasteiger partial charge is 0.303 e. The van der Waals surface area contributed by atoms with Gasteiger partial charge in [-0.2, -0.15) is 0 Å². The summed E-state index contributed by atoms with van der Waals surface area (Å²) in [6.07, 6.45) is 2.05. The van der Waals surface area contributed by atoms with Crippen LogP contribution in [0.4, 0.5) is 0 Å². The van der Waals surface area contributed by atoms with E-state index in [9.17, 15) is 4.79 Å². The molecule has 0 saturated heterocycles. The van der Waals surface area contributed by atoms with Gasteiger partial charge in [-0.05, 0) is 29.7 Å². The number of hydrogen-bond acceptors (Lipinski definition) is 1. The average molecular weight is 282 g/mol. The topological polar surface area (TPSA) is 53.1 Å². The second-order valence-corrected chi connectivity index (χ2v) is 4.85. The van der Waals surface area contributed by atoms with Gasteiger partial charge >= 0.3 is 5.97 Å². The number of carboxylic acid groups (broad SMARTS) is 1. The molecule has 2 N–H and O–H groups in total. The monoisotopic (exact) mass is 281 g/mol. The van der Waals surface area contributed by atoms with Gasteiger partial charge in [0, 0.05) is 21.6 Å². The molecule has 0 aliphatic heterocycles. The van der Waals surface area contributed by atoms with Gasteiger partial charge < -0.3 is 10.1 Å². The molecule has 0 aliphatic rings. The van der Waals surface area contributed by atoms with Crippen LogP contribution in [-0.2, 0) is 4.79 Å². The highest BCUT2D eigenvalue weighted by Crippen LogP contribution is 2.29. The zero-order chi connectivity index (χ0) is 11.7. The number of rotatable bonds is 3. The van der Waals surface area contributed by atoms with E-state index >= 15 is 0 Å². The maximum Gasteiger partial charge on any atom is 0.303 e. The van der Waals surface area contributed by atoms with Gasteiger partial charge in [0.1, 0.15) is 0 Å². The lowest BCUT2D eigenvalue weighted by atomic mass is 9.97. The molecule has 1 heterocycles. The summed E-state index contributed by atoms with van der Waals surface area (Å²) in [5, 5.41) is 9.88. The molecule has 1 aromatic heterocycles. The van der Waals surface area contributed by atoms with Crippen LogP contribution in [0.1, 0.15) is 24.8 Å². The normalized spacial score (nSPS) is 12.9. The van der Waals surface area contributed by atoms with E-state index < -0.39 is 5.97 Å². The van der Waals surface area contributed by atoms with Gasteiger partial charge in [-0.25, -0.2) is 0 Å². The van der Waals surface area contributed by atoms with Crippen molar-refractivity contribution in [1.82, 2.24) is 4.98 Å². The van der Waals surface area contributed by atoms with Crippen LogP contribution in [0.15, 0.2) is 28.9 Å².